The van der Waals surface area contributed by atoms with Gasteiger partial charge in [0.15, 0.2) is 0 Å². The van der Waals surface area contributed by atoms with E-state index in [-0.39, 0.29) is 12.1 Å². The van der Waals surface area contributed by atoms with E-state index in [0.29, 0.717) is 25.6 Å². The van der Waals surface area contributed by atoms with Crippen LogP contribution in [0.3, 0.4) is 0 Å². The molecule has 2 bridgehead atoms. The number of hydroxylamine groups is 1. The van der Waals surface area contributed by atoms with E-state index in [9.17, 15) is 4.79 Å². The van der Waals surface area contributed by atoms with Gasteiger partial charge in [0.05, 0.1) is 12.1 Å². The molecule has 0 unspecified atom stereocenters. The molecular formula is C11H15N5O3. The topological polar surface area (TPSA) is 102 Å². The van der Waals surface area contributed by atoms with Gasteiger partial charge < -0.3 is 20.1 Å². The number of aromatic nitrogens is 2. The van der Waals surface area contributed by atoms with E-state index in [0.717, 1.165) is 12.0 Å². The second-order valence-electron chi connectivity index (χ2n) is 4.86. The van der Waals surface area contributed by atoms with Crippen molar-refractivity contribution >= 4 is 12.0 Å². The SMILES string of the molecule is O=C(O)N1C[C@@H]2C[C@H]1CN2c1ncc(CNO)cn1. The molecule has 0 spiro atoms. The van der Waals surface area contributed by atoms with Crippen LogP contribution in [0.2, 0.25) is 0 Å². The molecule has 2 aliphatic rings. The third kappa shape index (κ3) is 2.08. The van der Waals surface area contributed by atoms with Gasteiger partial charge in [-0.3, -0.25) is 0 Å². The fraction of sp³-hybridized carbons (Fsp3) is 0.545. The number of carbonyl (C=O) groups is 1. The fourth-order valence-electron chi connectivity index (χ4n) is 2.83. The van der Waals surface area contributed by atoms with Crippen molar-refractivity contribution in [2.24, 2.45) is 0 Å². The molecule has 3 rings (SSSR count). The van der Waals surface area contributed by atoms with Gasteiger partial charge in [0.1, 0.15) is 0 Å². The van der Waals surface area contributed by atoms with Crippen LogP contribution in [-0.4, -0.2) is 56.4 Å². The minimum atomic E-state index is -0.850. The maximum atomic E-state index is 11.0. The van der Waals surface area contributed by atoms with Crippen LogP contribution in [0.25, 0.3) is 0 Å². The quantitative estimate of drug-likeness (QED) is 0.656. The number of piperazine rings is 1. The standard InChI is InChI=1S/C11H15N5O3/c17-11(18)16-6-8-1-9(16)5-15(8)10-12-2-7(3-13-10)4-14-19/h2-3,8-9,14,19H,1,4-6H2,(H,17,18)/t8-,9-/m0/s1. The van der Waals surface area contributed by atoms with Gasteiger partial charge in [-0.05, 0) is 6.42 Å². The maximum absolute atomic E-state index is 11.0. The van der Waals surface area contributed by atoms with E-state index >= 15 is 0 Å². The number of rotatable bonds is 3. The van der Waals surface area contributed by atoms with Gasteiger partial charge in [0.2, 0.25) is 5.95 Å². The second-order valence-corrected chi connectivity index (χ2v) is 4.86. The molecule has 0 aliphatic carbocycles. The molecule has 2 aliphatic heterocycles. The number of hydrogen-bond acceptors (Lipinski definition) is 6. The molecule has 0 saturated carbocycles. The zero-order valence-electron chi connectivity index (χ0n) is 10.2. The van der Waals surface area contributed by atoms with Crippen LogP contribution in [0.15, 0.2) is 12.4 Å². The Balaban J connectivity index is 1.71. The van der Waals surface area contributed by atoms with E-state index in [4.69, 9.17) is 10.3 Å². The Morgan fingerprint density at radius 2 is 2.11 bits per heavy atom. The van der Waals surface area contributed by atoms with Crippen LogP contribution in [-0.2, 0) is 6.54 Å². The molecule has 1 amide bonds. The number of amides is 1. The summed E-state index contributed by atoms with van der Waals surface area (Å²) in [6.45, 7) is 1.47. The van der Waals surface area contributed by atoms with Gasteiger partial charge in [-0.25, -0.2) is 20.2 Å². The van der Waals surface area contributed by atoms with Gasteiger partial charge in [-0.15, -0.1) is 0 Å². The lowest BCUT2D eigenvalue weighted by Gasteiger charge is -2.32. The lowest BCUT2D eigenvalue weighted by Crippen LogP contribution is -2.48. The van der Waals surface area contributed by atoms with Crippen LogP contribution in [0, 0.1) is 0 Å². The smallest absolute Gasteiger partial charge is 0.407 e. The predicted octanol–water partition coefficient (Wildman–Crippen LogP) is -0.104. The van der Waals surface area contributed by atoms with Gasteiger partial charge in [-0.2, -0.15) is 0 Å². The average Bonchev–Trinajstić information content (AvgIpc) is 2.99. The first kappa shape index (κ1) is 12.1. The highest BCUT2D eigenvalue weighted by molar-refractivity contribution is 5.67. The van der Waals surface area contributed by atoms with Crippen molar-refractivity contribution in [1.82, 2.24) is 20.3 Å². The van der Waals surface area contributed by atoms with E-state index in [1.165, 1.54) is 4.90 Å². The Hall–Kier alpha value is -1.93. The van der Waals surface area contributed by atoms with Crippen molar-refractivity contribution in [3.05, 3.63) is 18.0 Å². The Labute approximate surface area is 109 Å². The molecule has 3 heterocycles. The Morgan fingerprint density at radius 3 is 2.63 bits per heavy atom. The minimum Gasteiger partial charge on any atom is -0.465 e. The van der Waals surface area contributed by atoms with E-state index < -0.39 is 6.09 Å². The summed E-state index contributed by atoms with van der Waals surface area (Å²) in [5, 5.41) is 17.6. The highest BCUT2D eigenvalue weighted by atomic mass is 16.5. The van der Waals surface area contributed by atoms with Crippen molar-refractivity contribution in [2.45, 2.75) is 25.0 Å². The van der Waals surface area contributed by atoms with Crippen LogP contribution < -0.4 is 10.4 Å². The molecule has 1 aromatic heterocycles. The molecule has 8 nitrogen and oxygen atoms in total. The van der Waals surface area contributed by atoms with Crippen LogP contribution in [0.1, 0.15) is 12.0 Å². The zero-order valence-corrected chi connectivity index (χ0v) is 10.2. The maximum Gasteiger partial charge on any atom is 0.407 e. The molecule has 2 saturated heterocycles. The van der Waals surface area contributed by atoms with Crippen molar-refractivity contribution in [1.29, 1.82) is 0 Å². The number of nitrogens with one attached hydrogen (secondary N) is 1. The number of carboxylic acid groups (broad SMARTS) is 1. The van der Waals surface area contributed by atoms with Crippen molar-refractivity contribution in [3.8, 4) is 0 Å². The van der Waals surface area contributed by atoms with E-state index in [1.807, 2.05) is 0 Å². The summed E-state index contributed by atoms with van der Waals surface area (Å²) in [6.07, 6.45) is 3.31. The third-order valence-electron chi connectivity index (χ3n) is 3.72. The van der Waals surface area contributed by atoms with Crippen LogP contribution in [0.4, 0.5) is 10.7 Å². The Morgan fingerprint density at radius 1 is 1.37 bits per heavy atom. The Kier molecular flexibility index (Phi) is 2.96. The first-order valence-corrected chi connectivity index (χ1v) is 6.13. The molecule has 2 fully saturated rings. The highest BCUT2D eigenvalue weighted by Gasteiger charge is 2.46. The molecule has 102 valence electrons. The molecular weight excluding hydrogens is 250 g/mol. The number of fused-ring (bicyclic) bond motifs is 2. The molecule has 3 N–H and O–H groups in total. The summed E-state index contributed by atoms with van der Waals surface area (Å²) < 4.78 is 0. The number of likely N-dealkylation sites (tertiary alicyclic amines) is 1. The largest absolute Gasteiger partial charge is 0.465 e. The lowest BCUT2D eigenvalue weighted by molar-refractivity contribution is 0.137. The van der Waals surface area contributed by atoms with Gasteiger partial charge >= 0.3 is 6.09 Å². The second kappa shape index (κ2) is 4.63. The highest BCUT2D eigenvalue weighted by Crippen LogP contribution is 2.32. The summed E-state index contributed by atoms with van der Waals surface area (Å²) in [7, 11) is 0. The fourth-order valence-corrected chi connectivity index (χ4v) is 2.83. The molecule has 2 atom stereocenters. The monoisotopic (exact) mass is 265 g/mol. The van der Waals surface area contributed by atoms with Crippen molar-refractivity contribution < 1.29 is 15.1 Å². The third-order valence-corrected chi connectivity index (χ3v) is 3.72. The predicted molar refractivity (Wildman–Crippen MR) is 64.9 cm³/mol. The summed E-state index contributed by atoms with van der Waals surface area (Å²) in [5.41, 5.74) is 2.85. The first-order valence-electron chi connectivity index (χ1n) is 6.13. The molecule has 8 heteroatoms. The summed E-state index contributed by atoms with van der Waals surface area (Å²) in [4.78, 5) is 23.1. The summed E-state index contributed by atoms with van der Waals surface area (Å²) >= 11 is 0. The van der Waals surface area contributed by atoms with Crippen molar-refractivity contribution in [2.75, 3.05) is 18.0 Å². The van der Waals surface area contributed by atoms with E-state index in [1.54, 1.807) is 12.4 Å². The van der Waals surface area contributed by atoms with Gasteiger partial charge in [-0.1, -0.05) is 0 Å². The molecule has 0 radical (unpaired) electrons. The lowest BCUT2D eigenvalue weighted by atomic mass is 10.2. The minimum absolute atomic E-state index is 0.0462. The summed E-state index contributed by atoms with van der Waals surface area (Å²) in [6, 6.07) is 0.216. The Bertz CT molecular complexity index is 480. The van der Waals surface area contributed by atoms with Gasteiger partial charge in [0, 0.05) is 37.6 Å². The van der Waals surface area contributed by atoms with Crippen molar-refractivity contribution in [3.63, 3.8) is 0 Å². The normalized spacial score (nSPS) is 25.1. The van der Waals surface area contributed by atoms with E-state index in [2.05, 4.69) is 20.3 Å². The van der Waals surface area contributed by atoms with Crippen LogP contribution >= 0.6 is 0 Å². The number of nitrogens with zero attached hydrogens (tertiary/aromatic N) is 4. The number of anilines is 1. The molecule has 0 aromatic carbocycles. The van der Waals surface area contributed by atoms with Crippen LogP contribution in [0.5, 0.6) is 0 Å². The molecule has 1 aromatic rings. The summed E-state index contributed by atoms with van der Waals surface area (Å²) in [5.74, 6) is 0.624. The number of hydrogen-bond donors (Lipinski definition) is 3. The average molecular weight is 265 g/mol. The first-order chi connectivity index (χ1) is 9.19. The molecule has 19 heavy (non-hydrogen) atoms. The van der Waals surface area contributed by atoms with Gasteiger partial charge in [0.25, 0.3) is 0 Å². The zero-order chi connectivity index (χ0) is 13.4.